The highest BCUT2D eigenvalue weighted by molar-refractivity contribution is 5.89. The summed E-state index contributed by atoms with van der Waals surface area (Å²) >= 11 is 0. The van der Waals surface area contributed by atoms with Crippen LogP contribution in [-0.4, -0.2) is 23.0 Å². The fourth-order valence-electron chi connectivity index (χ4n) is 1.85. The van der Waals surface area contributed by atoms with Crippen molar-refractivity contribution in [2.45, 2.75) is 26.3 Å². The van der Waals surface area contributed by atoms with Crippen molar-refractivity contribution in [3.8, 4) is 0 Å². The van der Waals surface area contributed by atoms with Crippen LogP contribution in [0.1, 0.15) is 18.1 Å². The summed E-state index contributed by atoms with van der Waals surface area (Å²) in [6.45, 7) is 3.39. The molecule has 2 aromatic rings. The summed E-state index contributed by atoms with van der Waals surface area (Å²) < 4.78 is 5.39. The Morgan fingerprint density at radius 3 is 2.84 bits per heavy atom. The summed E-state index contributed by atoms with van der Waals surface area (Å²) in [6, 6.07) is 4.85. The lowest BCUT2D eigenvalue weighted by Gasteiger charge is -2.08. The minimum Gasteiger partial charge on any atom is -0.480 e. The molecule has 0 saturated carbocycles. The molecule has 0 fully saturated rings. The minimum atomic E-state index is -1.05. The fraction of sp³-hybridized carbons (Fsp3) is 0.286. The molecule has 1 aromatic carbocycles. The number of aryl methyl sites for hydroxylation is 1. The van der Waals surface area contributed by atoms with E-state index in [1.807, 2.05) is 25.1 Å². The van der Waals surface area contributed by atoms with Crippen LogP contribution in [0, 0.1) is 6.92 Å². The van der Waals surface area contributed by atoms with Crippen molar-refractivity contribution in [1.82, 2.24) is 5.32 Å². The molecule has 0 saturated heterocycles. The number of benzene rings is 1. The number of carbonyl (C=O) groups is 2. The Hall–Kier alpha value is -2.30. The maximum absolute atomic E-state index is 11.7. The lowest BCUT2D eigenvalue weighted by molar-refractivity contribution is -0.141. The number of aliphatic carboxylic acids is 1. The number of carboxylic acid groups (broad SMARTS) is 1. The summed E-state index contributed by atoms with van der Waals surface area (Å²) in [5.74, 6) is -1.39. The monoisotopic (exact) mass is 261 g/mol. The molecule has 0 radical (unpaired) electrons. The molecule has 100 valence electrons. The van der Waals surface area contributed by atoms with Crippen molar-refractivity contribution in [3.63, 3.8) is 0 Å². The van der Waals surface area contributed by atoms with Gasteiger partial charge in [0.2, 0.25) is 5.91 Å². The van der Waals surface area contributed by atoms with Gasteiger partial charge in [-0.15, -0.1) is 0 Å². The highest BCUT2D eigenvalue weighted by Crippen LogP contribution is 2.22. The van der Waals surface area contributed by atoms with E-state index in [1.54, 1.807) is 0 Å². The number of carbonyl (C=O) groups excluding carboxylic acids is 1. The quantitative estimate of drug-likeness (QED) is 0.880. The number of amides is 1. The SMILES string of the molecule is Cc1ccc2c(CC(=O)NC(C)C(=O)O)coc2c1. The van der Waals surface area contributed by atoms with E-state index in [0.29, 0.717) is 0 Å². The predicted octanol–water partition coefficient (Wildman–Crippen LogP) is 1.87. The van der Waals surface area contributed by atoms with E-state index in [0.717, 1.165) is 22.1 Å². The number of hydrogen-bond acceptors (Lipinski definition) is 3. The highest BCUT2D eigenvalue weighted by atomic mass is 16.4. The summed E-state index contributed by atoms with van der Waals surface area (Å²) in [5, 5.41) is 12.0. The molecule has 1 amide bonds. The van der Waals surface area contributed by atoms with Gasteiger partial charge in [0.05, 0.1) is 12.7 Å². The Labute approximate surface area is 110 Å². The maximum Gasteiger partial charge on any atom is 0.325 e. The van der Waals surface area contributed by atoms with Gasteiger partial charge in [0.1, 0.15) is 11.6 Å². The van der Waals surface area contributed by atoms with Crippen molar-refractivity contribution in [2.24, 2.45) is 0 Å². The number of rotatable bonds is 4. The third kappa shape index (κ3) is 2.93. The Kier molecular flexibility index (Phi) is 3.55. The number of fused-ring (bicyclic) bond motifs is 1. The van der Waals surface area contributed by atoms with Gasteiger partial charge in [-0.25, -0.2) is 0 Å². The van der Waals surface area contributed by atoms with Crippen LogP contribution in [0.25, 0.3) is 11.0 Å². The Bertz CT molecular complexity index is 629. The zero-order valence-electron chi connectivity index (χ0n) is 10.8. The molecule has 5 heteroatoms. The van der Waals surface area contributed by atoms with E-state index < -0.39 is 12.0 Å². The van der Waals surface area contributed by atoms with Crippen LogP contribution in [0.5, 0.6) is 0 Å². The maximum atomic E-state index is 11.7. The molecule has 1 atom stereocenters. The number of carboxylic acids is 1. The van der Waals surface area contributed by atoms with Crippen LogP contribution >= 0.6 is 0 Å². The van der Waals surface area contributed by atoms with Crippen LogP contribution in [0.4, 0.5) is 0 Å². The van der Waals surface area contributed by atoms with E-state index >= 15 is 0 Å². The lowest BCUT2D eigenvalue weighted by Crippen LogP contribution is -2.39. The van der Waals surface area contributed by atoms with Gasteiger partial charge in [-0.3, -0.25) is 9.59 Å². The van der Waals surface area contributed by atoms with E-state index in [1.165, 1.54) is 13.2 Å². The molecule has 0 aliphatic rings. The molecule has 5 nitrogen and oxygen atoms in total. The van der Waals surface area contributed by atoms with Gasteiger partial charge in [0.25, 0.3) is 0 Å². The zero-order chi connectivity index (χ0) is 14.0. The molecular weight excluding hydrogens is 246 g/mol. The molecule has 2 N–H and O–H groups in total. The van der Waals surface area contributed by atoms with Crippen molar-refractivity contribution in [2.75, 3.05) is 0 Å². The first kappa shape index (κ1) is 13.1. The van der Waals surface area contributed by atoms with Crippen LogP contribution in [0.3, 0.4) is 0 Å². The normalized spacial score (nSPS) is 12.3. The van der Waals surface area contributed by atoms with E-state index in [2.05, 4.69) is 5.32 Å². The Balaban J connectivity index is 2.13. The second-order valence-electron chi connectivity index (χ2n) is 4.56. The topological polar surface area (TPSA) is 79.5 Å². The predicted molar refractivity (Wildman–Crippen MR) is 69.9 cm³/mol. The van der Waals surface area contributed by atoms with Gasteiger partial charge < -0.3 is 14.8 Å². The minimum absolute atomic E-state index is 0.105. The van der Waals surface area contributed by atoms with Gasteiger partial charge >= 0.3 is 5.97 Å². The third-order valence-electron chi connectivity index (χ3n) is 2.91. The largest absolute Gasteiger partial charge is 0.480 e. The number of furan rings is 1. The fourth-order valence-corrected chi connectivity index (χ4v) is 1.85. The van der Waals surface area contributed by atoms with Crippen LogP contribution in [0.2, 0.25) is 0 Å². The molecule has 19 heavy (non-hydrogen) atoms. The van der Waals surface area contributed by atoms with Gasteiger partial charge in [-0.2, -0.15) is 0 Å². The van der Waals surface area contributed by atoms with E-state index in [9.17, 15) is 9.59 Å². The first-order chi connectivity index (χ1) is 8.97. The summed E-state index contributed by atoms with van der Waals surface area (Å²) in [7, 11) is 0. The van der Waals surface area contributed by atoms with Crippen LogP contribution in [-0.2, 0) is 16.0 Å². The van der Waals surface area contributed by atoms with Crippen LogP contribution < -0.4 is 5.32 Å². The molecule has 1 heterocycles. The average Bonchev–Trinajstić information content (AvgIpc) is 2.71. The van der Waals surface area contributed by atoms with Crippen molar-refractivity contribution in [3.05, 3.63) is 35.6 Å². The lowest BCUT2D eigenvalue weighted by atomic mass is 10.1. The molecular formula is C14H15NO4. The highest BCUT2D eigenvalue weighted by Gasteiger charge is 2.16. The summed E-state index contributed by atoms with van der Waals surface area (Å²) in [6.07, 6.45) is 1.64. The summed E-state index contributed by atoms with van der Waals surface area (Å²) in [5.41, 5.74) is 2.57. The smallest absolute Gasteiger partial charge is 0.325 e. The molecule has 0 bridgehead atoms. The summed E-state index contributed by atoms with van der Waals surface area (Å²) in [4.78, 5) is 22.4. The Morgan fingerprint density at radius 1 is 1.42 bits per heavy atom. The average molecular weight is 261 g/mol. The van der Waals surface area contributed by atoms with Gasteiger partial charge in [0.15, 0.2) is 0 Å². The second kappa shape index (κ2) is 5.14. The number of hydrogen-bond donors (Lipinski definition) is 2. The van der Waals surface area contributed by atoms with Gasteiger partial charge in [-0.1, -0.05) is 12.1 Å². The Morgan fingerprint density at radius 2 is 2.16 bits per heavy atom. The molecule has 2 rings (SSSR count). The third-order valence-corrected chi connectivity index (χ3v) is 2.91. The molecule has 0 aliphatic carbocycles. The van der Waals surface area contributed by atoms with Gasteiger partial charge in [0, 0.05) is 10.9 Å². The first-order valence-corrected chi connectivity index (χ1v) is 5.96. The number of nitrogens with one attached hydrogen (secondary N) is 1. The molecule has 1 aromatic heterocycles. The standard InChI is InChI=1S/C14H15NO4/c1-8-3-4-11-10(7-19-12(11)5-8)6-13(16)15-9(2)14(17)18/h3-5,7,9H,6H2,1-2H3,(H,15,16)(H,17,18). The van der Waals surface area contributed by atoms with Crippen LogP contribution in [0.15, 0.2) is 28.9 Å². The van der Waals surface area contributed by atoms with Gasteiger partial charge in [-0.05, 0) is 25.5 Å². The van der Waals surface area contributed by atoms with Crippen molar-refractivity contribution in [1.29, 1.82) is 0 Å². The zero-order valence-corrected chi connectivity index (χ0v) is 10.8. The van der Waals surface area contributed by atoms with Crippen molar-refractivity contribution < 1.29 is 19.1 Å². The molecule has 0 spiro atoms. The first-order valence-electron chi connectivity index (χ1n) is 5.96. The molecule has 1 unspecified atom stereocenters. The van der Waals surface area contributed by atoms with E-state index in [-0.39, 0.29) is 12.3 Å². The van der Waals surface area contributed by atoms with E-state index in [4.69, 9.17) is 9.52 Å². The van der Waals surface area contributed by atoms with Crippen molar-refractivity contribution >= 4 is 22.8 Å². The second-order valence-corrected chi connectivity index (χ2v) is 4.56. The molecule has 0 aliphatic heterocycles.